The number of hydrogen-bond donors (Lipinski definition) is 3. The van der Waals surface area contributed by atoms with Crippen LogP contribution in [0.3, 0.4) is 0 Å². The number of hydrogen-bond acceptors (Lipinski definition) is 4. The number of aliphatic hydroxyl groups excluding tert-OH is 2. The average molecular weight is 260 g/mol. The Labute approximate surface area is 104 Å². The lowest BCUT2D eigenvalue weighted by Gasteiger charge is -2.15. The van der Waals surface area contributed by atoms with E-state index in [0.717, 1.165) is 0 Å². The highest BCUT2D eigenvalue weighted by Gasteiger charge is 2.16. The van der Waals surface area contributed by atoms with Crippen LogP contribution < -0.4 is 10.1 Å². The predicted molar refractivity (Wildman–Crippen MR) is 63.4 cm³/mol. The summed E-state index contributed by atoms with van der Waals surface area (Å²) in [5.74, 6) is -0.0843. The van der Waals surface area contributed by atoms with Crippen LogP contribution in [0.1, 0.15) is 10.4 Å². The molecule has 0 saturated carbocycles. The van der Waals surface area contributed by atoms with Gasteiger partial charge in [-0.15, -0.1) is 0 Å². The molecule has 94 valence electrons. The van der Waals surface area contributed by atoms with E-state index in [9.17, 15) is 4.79 Å². The number of nitrogens with one attached hydrogen (secondary N) is 1. The third kappa shape index (κ3) is 3.59. The highest BCUT2D eigenvalue weighted by Crippen LogP contribution is 2.22. The van der Waals surface area contributed by atoms with E-state index < -0.39 is 11.9 Å². The summed E-state index contributed by atoms with van der Waals surface area (Å²) < 4.78 is 5.03. The van der Waals surface area contributed by atoms with Crippen molar-refractivity contribution in [2.24, 2.45) is 0 Å². The van der Waals surface area contributed by atoms with E-state index in [1.165, 1.54) is 13.2 Å². The molecule has 1 rings (SSSR count). The smallest absolute Gasteiger partial charge is 0.255 e. The number of aliphatic hydroxyl groups is 2. The van der Waals surface area contributed by atoms with Crippen LogP contribution in [0.25, 0.3) is 0 Å². The molecule has 0 fully saturated rings. The average Bonchev–Trinajstić information content (AvgIpc) is 2.35. The summed E-state index contributed by atoms with van der Waals surface area (Å²) in [5.41, 5.74) is 0.256. The monoisotopic (exact) mass is 259 g/mol. The summed E-state index contributed by atoms with van der Waals surface area (Å²) in [5, 5.41) is 20.6. The van der Waals surface area contributed by atoms with Gasteiger partial charge < -0.3 is 20.3 Å². The lowest BCUT2D eigenvalue weighted by atomic mass is 10.1. The maximum atomic E-state index is 11.8. The molecule has 1 amide bonds. The minimum absolute atomic E-state index is 0.256. The second kappa shape index (κ2) is 6.44. The molecule has 1 aromatic carbocycles. The van der Waals surface area contributed by atoms with E-state index in [0.29, 0.717) is 10.8 Å². The van der Waals surface area contributed by atoms with Gasteiger partial charge in [0.15, 0.2) is 0 Å². The predicted octanol–water partition coefficient (Wildman–Crippen LogP) is 0.432. The van der Waals surface area contributed by atoms with E-state index in [2.05, 4.69) is 5.32 Å². The molecular weight excluding hydrogens is 246 g/mol. The first-order valence-electron chi connectivity index (χ1n) is 4.98. The van der Waals surface area contributed by atoms with Gasteiger partial charge in [0.1, 0.15) is 5.75 Å². The van der Waals surface area contributed by atoms with Gasteiger partial charge in [-0.2, -0.15) is 0 Å². The second-order valence-corrected chi connectivity index (χ2v) is 3.82. The second-order valence-electron chi connectivity index (χ2n) is 3.38. The number of carbonyl (C=O) groups excluding carboxylic acids is 1. The van der Waals surface area contributed by atoms with Gasteiger partial charge in [0.05, 0.1) is 31.9 Å². The van der Waals surface area contributed by atoms with Crippen molar-refractivity contribution >= 4 is 17.5 Å². The van der Waals surface area contributed by atoms with Gasteiger partial charge in [0.25, 0.3) is 5.91 Å². The third-order valence-electron chi connectivity index (χ3n) is 2.18. The largest absolute Gasteiger partial charge is 0.496 e. The molecule has 0 aromatic heterocycles. The zero-order valence-electron chi connectivity index (χ0n) is 9.31. The molecule has 0 heterocycles. The Hall–Kier alpha value is -1.30. The van der Waals surface area contributed by atoms with Crippen molar-refractivity contribution in [3.8, 4) is 5.75 Å². The molecule has 0 radical (unpaired) electrons. The Bertz CT molecular complexity index is 393. The number of rotatable bonds is 5. The van der Waals surface area contributed by atoms with E-state index in [-0.39, 0.29) is 18.8 Å². The Morgan fingerprint density at radius 2 is 2.12 bits per heavy atom. The minimum atomic E-state index is -0.703. The van der Waals surface area contributed by atoms with E-state index in [1.807, 2.05) is 0 Å². The fraction of sp³-hybridized carbons (Fsp3) is 0.364. The number of methoxy groups -OCH3 is 1. The van der Waals surface area contributed by atoms with Crippen LogP contribution in [0, 0.1) is 0 Å². The fourth-order valence-corrected chi connectivity index (χ4v) is 1.44. The first kappa shape index (κ1) is 13.8. The minimum Gasteiger partial charge on any atom is -0.496 e. The Morgan fingerprint density at radius 3 is 2.65 bits per heavy atom. The number of amides is 1. The topological polar surface area (TPSA) is 78.8 Å². The maximum absolute atomic E-state index is 11.8. The van der Waals surface area contributed by atoms with Gasteiger partial charge in [-0.05, 0) is 18.2 Å². The molecule has 3 N–H and O–H groups in total. The van der Waals surface area contributed by atoms with Crippen LogP contribution in [0.15, 0.2) is 18.2 Å². The molecule has 17 heavy (non-hydrogen) atoms. The number of halogens is 1. The van der Waals surface area contributed by atoms with Gasteiger partial charge in [0.2, 0.25) is 0 Å². The molecule has 6 heteroatoms. The molecule has 0 saturated heterocycles. The lowest BCUT2D eigenvalue weighted by molar-refractivity contribution is 0.0876. The quantitative estimate of drug-likeness (QED) is 0.717. The van der Waals surface area contributed by atoms with Crippen LogP contribution in [-0.4, -0.2) is 42.5 Å². The van der Waals surface area contributed by atoms with Crippen molar-refractivity contribution in [1.82, 2.24) is 5.32 Å². The standard InChI is InChI=1S/C11H14ClNO4/c1-17-10-3-2-7(12)4-9(10)11(16)13-8(5-14)6-15/h2-4,8,14-15H,5-6H2,1H3,(H,13,16). The number of benzene rings is 1. The summed E-state index contributed by atoms with van der Waals surface area (Å²) in [6.07, 6.45) is 0. The van der Waals surface area contributed by atoms with Crippen LogP contribution in [0.5, 0.6) is 5.75 Å². The molecule has 5 nitrogen and oxygen atoms in total. The first-order valence-corrected chi connectivity index (χ1v) is 5.36. The van der Waals surface area contributed by atoms with Crippen LogP contribution in [0.2, 0.25) is 5.02 Å². The van der Waals surface area contributed by atoms with Gasteiger partial charge in [-0.25, -0.2) is 0 Å². The van der Waals surface area contributed by atoms with Crippen molar-refractivity contribution in [2.45, 2.75) is 6.04 Å². The zero-order chi connectivity index (χ0) is 12.8. The van der Waals surface area contributed by atoms with Crippen LogP contribution >= 0.6 is 11.6 Å². The first-order chi connectivity index (χ1) is 8.12. The molecule has 0 aliphatic carbocycles. The van der Waals surface area contributed by atoms with Gasteiger partial charge in [-0.3, -0.25) is 4.79 Å². The number of ether oxygens (including phenoxy) is 1. The van der Waals surface area contributed by atoms with Crippen molar-refractivity contribution < 1.29 is 19.7 Å². The lowest BCUT2D eigenvalue weighted by Crippen LogP contribution is -2.40. The molecule has 0 spiro atoms. The Balaban J connectivity index is 2.90. The van der Waals surface area contributed by atoms with Crippen LogP contribution in [0.4, 0.5) is 0 Å². The number of carbonyl (C=O) groups is 1. The summed E-state index contributed by atoms with van der Waals surface area (Å²) in [4.78, 5) is 11.8. The molecule has 1 aromatic rings. The highest BCUT2D eigenvalue weighted by molar-refractivity contribution is 6.31. The molecular formula is C11H14ClNO4. The normalized spacial score (nSPS) is 10.4. The summed E-state index contributed by atoms with van der Waals surface area (Å²) >= 11 is 5.79. The summed E-state index contributed by atoms with van der Waals surface area (Å²) in [6.45, 7) is -0.684. The molecule has 0 bridgehead atoms. The maximum Gasteiger partial charge on any atom is 0.255 e. The van der Waals surface area contributed by atoms with Gasteiger partial charge in [-0.1, -0.05) is 11.6 Å². The zero-order valence-corrected chi connectivity index (χ0v) is 10.1. The SMILES string of the molecule is COc1ccc(Cl)cc1C(=O)NC(CO)CO. The van der Waals surface area contributed by atoms with Gasteiger partial charge >= 0.3 is 0 Å². The fourth-order valence-electron chi connectivity index (χ4n) is 1.27. The molecule has 0 aliphatic heterocycles. The molecule has 0 aliphatic rings. The third-order valence-corrected chi connectivity index (χ3v) is 2.42. The van der Waals surface area contributed by atoms with Gasteiger partial charge in [0, 0.05) is 5.02 Å². The van der Waals surface area contributed by atoms with Crippen LogP contribution in [-0.2, 0) is 0 Å². The van der Waals surface area contributed by atoms with Crippen molar-refractivity contribution in [3.63, 3.8) is 0 Å². The van der Waals surface area contributed by atoms with E-state index in [4.69, 9.17) is 26.6 Å². The summed E-state index contributed by atoms with van der Waals surface area (Å²) in [7, 11) is 1.44. The summed E-state index contributed by atoms with van der Waals surface area (Å²) in [6, 6.07) is 3.93. The van der Waals surface area contributed by atoms with Crippen molar-refractivity contribution in [3.05, 3.63) is 28.8 Å². The van der Waals surface area contributed by atoms with Crippen molar-refractivity contribution in [2.75, 3.05) is 20.3 Å². The van der Waals surface area contributed by atoms with E-state index >= 15 is 0 Å². The molecule has 0 atom stereocenters. The highest BCUT2D eigenvalue weighted by atomic mass is 35.5. The Kier molecular flexibility index (Phi) is 5.21. The molecule has 0 unspecified atom stereocenters. The Morgan fingerprint density at radius 1 is 1.47 bits per heavy atom. The van der Waals surface area contributed by atoms with Crippen molar-refractivity contribution in [1.29, 1.82) is 0 Å². The van der Waals surface area contributed by atoms with E-state index in [1.54, 1.807) is 12.1 Å².